The second-order valence-electron chi connectivity index (χ2n) is 8.79. The number of carbonyl (C=O) groups is 3. The summed E-state index contributed by atoms with van der Waals surface area (Å²) in [6.07, 6.45) is 2.69. The van der Waals surface area contributed by atoms with Crippen LogP contribution in [0.25, 0.3) is 6.08 Å². The SMILES string of the molecule is CC(Sc1cccc(NC(=O)/C(=C\c2ccccc2[N+](=O)[O-])NC(=O)c2ccccc2)c1)C(=O)Nc1ccc(Cl)cn1. The molecule has 4 aromatic rings. The Kier molecular flexibility index (Phi) is 10.0. The molecule has 0 saturated heterocycles. The monoisotopic (exact) mass is 601 g/mol. The van der Waals surface area contributed by atoms with Gasteiger partial charge in [0.05, 0.1) is 20.8 Å². The molecule has 0 aliphatic heterocycles. The number of carbonyl (C=O) groups excluding carboxylic acids is 3. The number of hydrogen-bond donors (Lipinski definition) is 3. The summed E-state index contributed by atoms with van der Waals surface area (Å²) in [5.41, 5.74) is 0.411. The van der Waals surface area contributed by atoms with Crippen LogP contribution in [0.4, 0.5) is 17.2 Å². The highest BCUT2D eigenvalue weighted by atomic mass is 35.5. The number of nitrogens with one attached hydrogen (secondary N) is 3. The number of para-hydroxylation sites is 1. The van der Waals surface area contributed by atoms with E-state index in [1.54, 1.807) is 79.7 Å². The van der Waals surface area contributed by atoms with Crippen LogP contribution in [0.2, 0.25) is 5.02 Å². The van der Waals surface area contributed by atoms with Crippen molar-refractivity contribution in [2.75, 3.05) is 10.6 Å². The summed E-state index contributed by atoms with van der Waals surface area (Å²) < 4.78 is 0. The fourth-order valence-corrected chi connectivity index (χ4v) is 4.69. The van der Waals surface area contributed by atoms with E-state index in [0.717, 1.165) is 0 Å². The van der Waals surface area contributed by atoms with Gasteiger partial charge in [-0.15, -0.1) is 11.8 Å². The average molecular weight is 602 g/mol. The largest absolute Gasteiger partial charge is 0.321 e. The number of benzene rings is 3. The molecule has 0 saturated carbocycles. The first-order valence-corrected chi connectivity index (χ1v) is 13.8. The van der Waals surface area contributed by atoms with E-state index in [1.165, 1.54) is 42.2 Å². The van der Waals surface area contributed by atoms with Gasteiger partial charge in [0.1, 0.15) is 11.5 Å². The molecule has 1 atom stereocenters. The minimum Gasteiger partial charge on any atom is -0.321 e. The lowest BCUT2D eigenvalue weighted by atomic mass is 10.1. The van der Waals surface area contributed by atoms with Gasteiger partial charge in [0, 0.05) is 28.4 Å². The number of pyridine rings is 1. The Bertz CT molecular complexity index is 1650. The maximum atomic E-state index is 13.4. The van der Waals surface area contributed by atoms with Gasteiger partial charge in [-0.2, -0.15) is 0 Å². The predicted molar refractivity (Wildman–Crippen MR) is 163 cm³/mol. The molecule has 0 fully saturated rings. The van der Waals surface area contributed by atoms with Crippen molar-refractivity contribution in [3.05, 3.63) is 129 Å². The Morgan fingerprint density at radius 1 is 0.952 bits per heavy atom. The van der Waals surface area contributed by atoms with Gasteiger partial charge < -0.3 is 16.0 Å². The van der Waals surface area contributed by atoms with Crippen LogP contribution in [-0.4, -0.2) is 32.9 Å². The van der Waals surface area contributed by atoms with Gasteiger partial charge in [0.15, 0.2) is 0 Å². The number of thioether (sulfide) groups is 1. The number of nitrogens with zero attached hydrogens (tertiary/aromatic N) is 2. The predicted octanol–water partition coefficient (Wildman–Crippen LogP) is 6.17. The molecular formula is C30H24ClN5O5S. The molecule has 10 nitrogen and oxygen atoms in total. The van der Waals surface area contributed by atoms with Crippen LogP contribution in [0.5, 0.6) is 0 Å². The van der Waals surface area contributed by atoms with Crippen LogP contribution in [0.1, 0.15) is 22.8 Å². The zero-order valence-corrected chi connectivity index (χ0v) is 23.7. The average Bonchev–Trinajstić information content (AvgIpc) is 2.98. The van der Waals surface area contributed by atoms with Crippen molar-refractivity contribution in [2.24, 2.45) is 0 Å². The van der Waals surface area contributed by atoms with Crippen molar-refractivity contribution in [3.8, 4) is 0 Å². The van der Waals surface area contributed by atoms with E-state index in [2.05, 4.69) is 20.9 Å². The van der Waals surface area contributed by atoms with E-state index in [0.29, 0.717) is 27.0 Å². The molecule has 0 aliphatic rings. The molecule has 4 rings (SSSR count). The maximum absolute atomic E-state index is 13.4. The second-order valence-corrected chi connectivity index (χ2v) is 10.6. The number of aromatic nitrogens is 1. The second kappa shape index (κ2) is 14.1. The molecule has 1 heterocycles. The van der Waals surface area contributed by atoms with Gasteiger partial charge in [0.25, 0.3) is 17.5 Å². The van der Waals surface area contributed by atoms with Crippen molar-refractivity contribution in [1.82, 2.24) is 10.3 Å². The summed E-state index contributed by atoms with van der Waals surface area (Å²) in [4.78, 5) is 54.7. The lowest BCUT2D eigenvalue weighted by Crippen LogP contribution is -2.30. The normalized spacial score (nSPS) is 11.7. The van der Waals surface area contributed by atoms with Crippen LogP contribution in [0, 0.1) is 10.1 Å². The van der Waals surface area contributed by atoms with Gasteiger partial charge >= 0.3 is 0 Å². The van der Waals surface area contributed by atoms with E-state index in [9.17, 15) is 24.5 Å². The molecule has 3 amide bonds. The summed E-state index contributed by atoms with van der Waals surface area (Å²) in [5.74, 6) is -1.16. The number of rotatable bonds is 10. The summed E-state index contributed by atoms with van der Waals surface area (Å²) >= 11 is 7.10. The number of nitro groups is 1. The Balaban J connectivity index is 1.52. The molecule has 12 heteroatoms. The standard InChI is InChI=1S/C30H24ClN5O5S/c1-19(28(37)35-27-15-14-22(31)18-32-27)42-24-12-7-11-23(17-24)33-30(39)25(34-29(38)20-8-3-2-4-9-20)16-21-10-5-6-13-26(21)36(40)41/h2-19H,1H3,(H,33,39)(H,34,38)(H,32,35,37)/b25-16+. The summed E-state index contributed by atoms with van der Waals surface area (Å²) in [5, 5.41) is 19.5. The van der Waals surface area contributed by atoms with Crippen molar-refractivity contribution in [1.29, 1.82) is 0 Å². The fraction of sp³-hybridized carbons (Fsp3) is 0.0667. The summed E-state index contributed by atoms with van der Waals surface area (Å²) in [6.45, 7) is 1.73. The summed E-state index contributed by atoms with van der Waals surface area (Å²) in [7, 11) is 0. The van der Waals surface area contributed by atoms with Gasteiger partial charge in [-0.3, -0.25) is 24.5 Å². The molecule has 42 heavy (non-hydrogen) atoms. The Morgan fingerprint density at radius 3 is 2.40 bits per heavy atom. The molecule has 0 spiro atoms. The number of hydrogen-bond acceptors (Lipinski definition) is 7. The Labute approximate surface area is 250 Å². The maximum Gasteiger partial charge on any atom is 0.276 e. The number of amides is 3. The van der Waals surface area contributed by atoms with E-state index in [-0.39, 0.29) is 22.9 Å². The van der Waals surface area contributed by atoms with Crippen LogP contribution < -0.4 is 16.0 Å². The van der Waals surface area contributed by atoms with Gasteiger partial charge in [-0.05, 0) is 61.5 Å². The molecule has 3 N–H and O–H groups in total. The topological polar surface area (TPSA) is 143 Å². The number of halogens is 1. The van der Waals surface area contributed by atoms with Crippen molar-refractivity contribution >= 4 is 64.4 Å². The molecule has 1 unspecified atom stereocenters. The quantitative estimate of drug-likeness (QED) is 0.0853. The smallest absolute Gasteiger partial charge is 0.276 e. The van der Waals surface area contributed by atoms with E-state index in [1.807, 2.05) is 0 Å². The molecule has 0 aliphatic carbocycles. The molecule has 3 aromatic carbocycles. The molecule has 1 aromatic heterocycles. The fourth-order valence-electron chi connectivity index (χ4n) is 3.65. The van der Waals surface area contributed by atoms with Crippen molar-refractivity contribution in [3.63, 3.8) is 0 Å². The van der Waals surface area contributed by atoms with Crippen molar-refractivity contribution in [2.45, 2.75) is 17.1 Å². The molecule has 212 valence electrons. The zero-order valence-electron chi connectivity index (χ0n) is 22.1. The van der Waals surface area contributed by atoms with Crippen molar-refractivity contribution < 1.29 is 19.3 Å². The van der Waals surface area contributed by atoms with Crippen LogP contribution in [-0.2, 0) is 9.59 Å². The third-order valence-electron chi connectivity index (χ3n) is 5.71. The minimum atomic E-state index is -0.695. The minimum absolute atomic E-state index is 0.139. The molecule has 0 radical (unpaired) electrons. The van der Waals surface area contributed by atoms with Crippen LogP contribution in [0.15, 0.2) is 108 Å². The lowest BCUT2D eigenvalue weighted by Gasteiger charge is -2.14. The van der Waals surface area contributed by atoms with E-state index in [4.69, 9.17) is 11.6 Å². The van der Waals surface area contributed by atoms with Crippen LogP contribution >= 0.6 is 23.4 Å². The first-order chi connectivity index (χ1) is 20.2. The van der Waals surface area contributed by atoms with Crippen LogP contribution in [0.3, 0.4) is 0 Å². The number of anilines is 2. The molecule has 0 bridgehead atoms. The molecular weight excluding hydrogens is 578 g/mol. The first-order valence-electron chi connectivity index (χ1n) is 12.5. The Hall–Kier alpha value is -5.00. The lowest BCUT2D eigenvalue weighted by molar-refractivity contribution is -0.385. The zero-order chi connectivity index (χ0) is 30.1. The number of nitro benzene ring substituents is 1. The van der Waals surface area contributed by atoms with Gasteiger partial charge in [-0.1, -0.05) is 48.0 Å². The highest BCUT2D eigenvalue weighted by Gasteiger charge is 2.19. The summed E-state index contributed by atoms with van der Waals surface area (Å²) in [6, 6.07) is 24.2. The highest BCUT2D eigenvalue weighted by Crippen LogP contribution is 2.27. The third kappa shape index (κ3) is 8.26. The van der Waals surface area contributed by atoms with Gasteiger partial charge in [0.2, 0.25) is 5.91 Å². The van der Waals surface area contributed by atoms with E-state index < -0.39 is 22.0 Å². The van der Waals surface area contributed by atoms with E-state index >= 15 is 0 Å². The Morgan fingerprint density at radius 2 is 1.69 bits per heavy atom. The third-order valence-corrected chi connectivity index (χ3v) is 7.03. The van der Waals surface area contributed by atoms with Gasteiger partial charge in [-0.25, -0.2) is 4.98 Å². The highest BCUT2D eigenvalue weighted by molar-refractivity contribution is 8.00. The first kappa shape index (κ1) is 30.0.